The summed E-state index contributed by atoms with van der Waals surface area (Å²) in [5.41, 5.74) is 0. The van der Waals surface area contributed by atoms with E-state index in [0.29, 0.717) is 10.1 Å². The molecular weight excluding hydrogens is 197 g/mol. The molecule has 0 aliphatic rings. The van der Waals surface area contributed by atoms with Crippen LogP contribution in [-0.4, -0.2) is 26.6 Å². The van der Waals surface area contributed by atoms with Crippen molar-refractivity contribution in [1.29, 1.82) is 0 Å². The van der Waals surface area contributed by atoms with Crippen LogP contribution in [0.1, 0.15) is 0 Å². The standard InChI is InChI=1S/GeH2O.H2OSi.O.Ti/c2*1-2;;/h1H2;2H2;;. The van der Waals surface area contributed by atoms with E-state index in [4.69, 9.17) is 11.6 Å². The zero-order valence-electron chi connectivity index (χ0n) is 3.14. The van der Waals surface area contributed by atoms with E-state index in [2.05, 4.69) is 0 Å². The molecule has 0 rings (SSSR count). The summed E-state index contributed by atoms with van der Waals surface area (Å²) < 4.78 is 24.9. The molecule has 6 heavy (non-hydrogen) atoms. The maximum atomic E-state index is 8.38. The van der Waals surface area contributed by atoms with Gasteiger partial charge in [0.15, 0.2) is 0 Å². The number of hydrogen-bond acceptors (Lipinski definition) is 3. The van der Waals surface area contributed by atoms with Gasteiger partial charge in [-0.15, -0.1) is 0 Å². The van der Waals surface area contributed by atoms with Crippen molar-refractivity contribution < 1.29 is 32.0 Å². The molecule has 0 N–H and O–H groups in total. The molecule has 0 fully saturated rings. The minimum atomic E-state index is 0.125. The first-order valence-electron chi connectivity index (χ1n) is 0.781. The van der Waals surface area contributed by atoms with Crippen LogP contribution < -0.4 is 0 Å². The Balaban J connectivity index is -0.0000000225. The van der Waals surface area contributed by atoms with Gasteiger partial charge in [-0.05, 0) is 0 Å². The van der Waals surface area contributed by atoms with Crippen LogP contribution in [0, 0.1) is 0 Å². The van der Waals surface area contributed by atoms with Crippen molar-refractivity contribution in [1.82, 2.24) is 0 Å². The van der Waals surface area contributed by atoms with E-state index in [1.807, 2.05) is 0 Å². The number of hydrogen-bond donors (Lipinski definition) is 0. The molecule has 34 valence electrons. The SMILES string of the molecule is O=[SiH2].[O]=[GeH2].[O]=[Ti]. The van der Waals surface area contributed by atoms with E-state index in [-0.39, 0.29) is 16.5 Å². The Labute approximate surface area is 58.5 Å². The molecule has 0 unspecified atom stereocenters. The van der Waals surface area contributed by atoms with E-state index in [0.717, 1.165) is 20.4 Å². The Bertz CT molecular complexity index is 15.5. The molecular formula is H4GeO3SiTi. The zero-order chi connectivity index (χ0) is 6.00. The summed E-state index contributed by atoms with van der Waals surface area (Å²) in [5.74, 6) is 0. The summed E-state index contributed by atoms with van der Waals surface area (Å²) in [5, 5.41) is 0. The summed E-state index contributed by atoms with van der Waals surface area (Å²) in [4.78, 5) is 0. The van der Waals surface area contributed by atoms with Crippen LogP contribution in [-0.2, 0) is 32.0 Å². The molecule has 0 aliphatic carbocycles. The molecule has 0 aromatic carbocycles. The fourth-order valence-corrected chi connectivity index (χ4v) is 0. The van der Waals surface area contributed by atoms with E-state index >= 15 is 0 Å². The van der Waals surface area contributed by atoms with Crippen molar-refractivity contribution in [3.05, 3.63) is 0 Å². The zero-order valence-corrected chi connectivity index (χ0v) is 9.08. The molecule has 0 saturated carbocycles. The van der Waals surface area contributed by atoms with Crippen molar-refractivity contribution in [3.63, 3.8) is 0 Å². The van der Waals surface area contributed by atoms with E-state index in [1.54, 1.807) is 0 Å². The third-order valence-electron chi connectivity index (χ3n) is 0. The van der Waals surface area contributed by atoms with Crippen LogP contribution in [0.3, 0.4) is 0 Å². The molecule has 0 aliphatic heterocycles. The van der Waals surface area contributed by atoms with Gasteiger partial charge in [0.25, 0.3) is 0 Å². The van der Waals surface area contributed by atoms with Crippen LogP contribution in [0.4, 0.5) is 0 Å². The van der Waals surface area contributed by atoms with Crippen LogP contribution in [0.2, 0.25) is 0 Å². The first-order chi connectivity index (χ1) is 3.00. The normalized spacial score (nSPS) is 1.83. The molecule has 0 bridgehead atoms. The van der Waals surface area contributed by atoms with Crippen LogP contribution in [0.15, 0.2) is 0 Å². The minimum absolute atomic E-state index is 0.125. The molecule has 6 heteroatoms. The van der Waals surface area contributed by atoms with Gasteiger partial charge >= 0.3 is 44.0 Å². The molecule has 0 spiro atoms. The number of rotatable bonds is 0. The second-order valence-corrected chi connectivity index (χ2v) is 0. The molecule has 0 saturated heterocycles. The van der Waals surface area contributed by atoms with E-state index < -0.39 is 0 Å². The molecule has 0 amide bonds. The summed E-state index contributed by atoms with van der Waals surface area (Å²) in [6.07, 6.45) is 0. The third-order valence-corrected chi connectivity index (χ3v) is 0. The Morgan fingerprint density at radius 3 is 1.17 bits per heavy atom. The predicted octanol–water partition coefficient (Wildman–Crippen LogP) is -2.19. The van der Waals surface area contributed by atoms with Gasteiger partial charge in [-0.1, -0.05) is 0 Å². The first kappa shape index (κ1) is 15.8. The van der Waals surface area contributed by atoms with Gasteiger partial charge in [-0.3, -0.25) is 0 Å². The van der Waals surface area contributed by atoms with Crippen molar-refractivity contribution in [2.45, 2.75) is 0 Å². The topological polar surface area (TPSA) is 51.2 Å². The summed E-state index contributed by atoms with van der Waals surface area (Å²) in [7, 11) is 0.611. The summed E-state index contributed by atoms with van der Waals surface area (Å²) in [6.45, 7) is 0. The van der Waals surface area contributed by atoms with E-state index in [9.17, 15) is 0 Å². The Hall–Kier alpha value is 0.874. The van der Waals surface area contributed by atoms with Crippen molar-refractivity contribution in [2.24, 2.45) is 0 Å². The van der Waals surface area contributed by atoms with Crippen LogP contribution in [0.5, 0.6) is 0 Å². The molecule has 0 atom stereocenters. The fraction of sp³-hybridized carbons (Fsp3) is 0. The fourth-order valence-electron chi connectivity index (χ4n) is 0. The van der Waals surface area contributed by atoms with Gasteiger partial charge < -0.3 is 4.46 Å². The summed E-state index contributed by atoms with van der Waals surface area (Å²) in [6, 6.07) is 0. The van der Waals surface area contributed by atoms with Crippen molar-refractivity contribution in [2.75, 3.05) is 0 Å². The van der Waals surface area contributed by atoms with Crippen molar-refractivity contribution in [3.8, 4) is 0 Å². The Morgan fingerprint density at radius 2 is 1.17 bits per heavy atom. The molecule has 0 aromatic rings. The average molecular weight is 201 g/mol. The maximum absolute atomic E-state index is 8.38. The molecule has 0 radical (unpaired) electrons. The molecule has 0 heterocycles. The second-order valence-electron chi connectivity index (χ2n) is 0. The van der Waals surface area contributed by atoms with Gasteiger partial charge in [-0.2, -0.15) is 0 Å². The predicted molar refractivity (Wildman–Crippen MR) is 19.1 cm³/mol. The van der Waals surface area contributed by atoms with Gasteiger partial charge in [0.1, 0.15) is 0 Å². The summed E-state index contributed by atoms with van der Waals surface area (Å²) >= 11 is 0.875. The Kier molecular flexibility index (Phi) is 481. The molecule has 0 aromatic heterocycles. The molecule has 3 nitrogen and oxygen atoms in total. The first-order valence-corrected chi connectivity index (χ1v) is 3.21. The quantitative estimate of drug-likeness (QED) is 0.418. The monoisotopic (exact) mass is 202 g/mol. The van der Waals surface area contributed by atoms with Gasteiger partial charge in [0.05, 0.1) is 0 Å². The second kappa shape index (κ2) is 183. The van der Waals surface area contributed by atoms with Crippen LogP contribution >= 0.6 is 0 Å². The van der Waals surface area contributed by atoms with Crippen LogP contribution in [0.25, 0.3) is 0 Å². The van der Waals surface area contributed by atoms with Gasteiger partial charge in [-0.25, -0.2) is 0 Å². The van der Waals surface area contributed by atoms with Gasteiger partial charge in [0.2, 0.25) is 10.1 Å². The Morgan fingerprint density at radius 1 is 1.17 bits per heavy atom. The van der Waals surface area contributed by atoms with E-state index in [1.165, 1.54) is 0 Å². The average Bonchev–Trinajstić information content (AvgIpc) is 1.81. The van der Waals surface area contributed by atoms with Gasteiger partial charge in [0, 0.05) is 0 Å². The van der Waals surface area contributed by atoms with Crippen molar-refractivity contribution >= 4 is 26.6 Å². The third kappa shape index (κ3) is 95.8.